The summed E-state index contributed by atoms with van der Waals surface area (Å²) in [4.78, 5) is 11.8. The van der Waals surface area contributed by atoms with Crippen molar-refractivity contribution in [1.82, 2.24) is 5.32 Å². The highest BCUT2D eigenvalue weighted by Gasteiger charge is 2.10. The lowest BCUT2D eigenvalue weighted by molar-refractivity contribution is -0.121. The van der Waals surface area contributed by atoms with E-state index in [1.54, 1.807) is 0 Å². The van der Waals surface area contributed by atoms with E-state index in [1.165, 1.54) is 96.3 Å². The first-order valence-electron chi connectivity index (χ1n) is 11.1. The first kappa shape index (κ1) is 21.5. The van der Waals surface area contributed by atoms with Crippen LogP contribution in [0.4, 0.5) is 0 Å². The molecule has 0 radical (unpaired) electrons. The van der Waals surface area contributed by atoms with E-state index in [1.807, 2.05) is 0 Å². The van der Waals surface area contributed by atoms with Gasteiger partial charge in [-0.2, -0.15) is 0 Å². The van der Waals surface area contributed by atoms with E-state index in [0.29, 0.717) is 0 Å². The summed E-state index contributed by atoms with van der Waals surface area (Å²) in [6.07, 6.45) is 23.8. The number of carbonyl (C=O) groups is 1. The van der Waals surface area contributed by atoms with Crippen LogP contribution < -0.4 is 5.32 Å². The average molecular weight is 338 g/mol. The summed E-state index contributed by atoms with van der Waals surface area (Å²) in [6, 6.07) is 0. The fourth-order valence-electron chi connectivity index (χ4n) is 3.95. The molecule has 142 valence electrons. The predicted octanol–water partition coefficient (Wildman–Crippen LogP) is 6.77. The summed E-state index contributed by atoms with van der Waals surface area (Å²) in [6.45, 7) is 3.11. The molecule has 24 heavy (non-hydrogen) atoms. The number of nitrogens with one attached hydrogen (secondary N) is 1. The molecule has 1 amide bonds. The third-order valence-electron chi connectivity index (χ3n) is 5.59. The van der Waals surface area contributed by atoms with E-state index >= 15 is 0 Å². The van der Waals surface area contributed by atoms with Crippen LogP contribution in [-0.2, 0) is 4.79 Å². The Labute approximate surface area is 151 Å². The summed E-state index contributed by atoms with van der Waals surface area (Å²) in [5.74, 6) is 1.27. The molecule has 1 rings (SSSR count). The van der Waals surface area contributed by atoms with Crippen molar-refractivity contribution in [3.8, 4) is 0 Å². The van der Waals surface area contributed by atoms with E-state index < -0.39 is 0 Å². The zero-order valence-electron chi connectivity index (χ0n) is 16.4. The van der Waals surface area contributed by atoms with Crippen LogP contribution >= 0.6 is 0 Å². The maximum absolute atomic E-state index is 11.8. The molecule has 0 aliphatic heterocycles. The first-order chi connectivity index (χ1) is 11.8. The number of rotatable bonds is 13. The highest BCUT2D eigenvalue weighted by molar-refractivity contribution is 5.75. The summed E-state index contributed by atoms with van der Waals surface area (Å²) in [5.41, 5.74) is 0. The zero-order valence-corrected chi connectivity index (χ0v) is 16.4. The van der Waals surface area contributed by atoms with Crippen molar-refractivity contribution in [3.63, 3.8) is 0 Å². The van der Waals surface area contributed by atoms with Gasteiger partial charge in [0.2, 0.25) is 5.91 Å². The molecule has 0 unspecified atom stereocenters. The zero-order chi connectivity index (χ0) is 17.3. The standard InChI is InChI=1S/C22H43NO/c1-2-3-4-10-15-20-23-22(24)19-14-9-8-13-18-21-16-11-6-5-7-12-17-21/h21H,2-20H2,1H3,(H,23,24). The first-order valence-corrected chi connectivity index (χ1v) is 11.1. The molecule has 0 aromatic heterocycles. The van der Waals surface area contributed by atoms with E-state index in [-0.39, 0.29) is 5.91 Å². The number of hydrogen-bond acceptors (Lipinski definition) is 1. The molecule has 0 bridgehead atoms. The van der Waals surface area contributed by atoms with Gasteiger partial charge in [0.1, 0.15) is 0 Å². The van der Waals surface area contributed by atoms with Crippen molar-refractivity contribution < 1.29 is 4.79 Å². The lowest BCUT2D eigenvalue weighted by Gasteiger charge is -2.19. The van der Waals surface area contributed by atoms with Crippen LogP contribution in [0.2, 0.25) is 0 Å². The van der Waals surface area contributed by atoms with Gasteiger partial charge >= 0.3 is 0 Å². The van der Waals surface area contributed by atoms with Gasteiger partial charge in [-0.1, -0.05) is 103 Å². The van der Waals surface area contributed by atoms with Crippen LogP contribution in [0.15, 0.2) is 0 Å². The number of carbonyl (C=O) groups excluding carboxylic acids is 1. The Morgan fingerprint density at radius 2 is 1.42 bits per heavy atom. The molecule has 0 heterocycles. The van der Waals surface area contributed by atoms with Gasteiger partial charge in [0, 0.05) is 13.0 Å². The van der Waals surface area contributed by atoms with Gasteiger partial charge in [-0.15, -0.1) is 0 Å². The maximum atomic E-state index is 11.8. The highest BCUT2D eigenvalue weighted by atomic mass is 16.1. The smallest absolute Gasteiger partial charge is 0.219 e. The fraction of sp³-hybridized carbons (Fsp3) is 0.955. The summed E-state index contributed by atoms with van der Waals surface area (Å²) in [7, 11) is 0. The van der Waals surface area contributed by atoms with Gasteiger partial charge in [-0.05, 0) is 18.8 Å². The summed E-state index contributed by atoms with van der Waals surface area (Å²) in [5, 5.41) is 3.08. The van der Waals surface area contributed by atoms with Crippen LogP contribution in [-0.4, -0.2) is 12.5 Å². The quantitative estimate of drug-likeness (QED) is 0.369. The van der Waals surface area contributed by atoms with Crippen LogP contribution in [0, 0.1) is 5.92 Å². The van der Waals surface area contributed by atoms with Crippen LogP contribution in [0.5, 0.6) is 0 Å². The molecule has 1 fully saturated rings. The number of amides is 1. The van der Waals surface area contributed by atoms with Gasteiger partial charge in [0.25, 0.3) is 0 Å². The minimum atomic E-state index is 0.269. The minimum Gasteiger partial charge on any atom is -0.356 e. The van der Waals surface area contributed by atoms with Crippen LogP contribution in [0.25, 0.3) is 0 Å². The minimum absolute atomic E-state index is 0.269. The third-order valence-corrected chi connectivity index (χ3v) is 5.59. The fourth-order valence-corrected chi connectivity index (χ4v) is 3.95. The van der Waals surface area contributed by atoms with Gasteiger partial charge in [0.05, 0.1) is 0 Å². The van der Waals surface area contributed by atoms with E-state index in [2.05, 4.69) is 12.2 Å². The molecule has 0 saturated heterocycles. The molecular formula is C22H43NO. The molecule has 0 aromatic carbocycles. The van der Waals surface area contributed by atoms with Crippen molar-refractivity contribution >= 4 is 5.91 Å². The predicted molar refractivity (Wildman–Crippen MR) is 105 cm³/mol. The molecule has 0 aromatic rings. The Kier molecular flexibility index (Phi) is 14.3. The van der Waals surface area contributed by atoms with Gasteiger partial charge in [-0.3, -0.25) is 4.79 Å². The van der Waals surface area contributed by atoms with Gasteiger partial charge in [0.15, 0.2) is 0 Å². The van der Waals surface area contributed by atoms with Crippen molar-refractivity contribution in [2.24, 2.45) is 5.92 Å². The third kappa shape index (κ3) is 12.8. The SMILES string of the molecule is CCCCCCCNC(=O)CCCCCCC1CCCCCCC1. The average Bonchev–Trinajstić information content (AvgIpc) is 2.55. The maximum Gasteiger partial charge on any atom is 0.219 e. The van der Waals surface area contributed by atoms with Crippen molar-refractivity contribution in [1.29, 1.82) is 0 Å². The molecule has 0 spiro atoms. The molecule has 1 aliphatic carbocycles. The Morgan fingerprint density at radius 1 is 0.792 bits per heavy atom. The molecule has 1 N–H and O–H groups in total. The monoisotopic (exact) mass is 337 g/mol. The molecule has 1 aliphatic rings. The molecule has 1 saturated carbocycles. The van der Waals surface area contributed by atoms with Crippen LogP contribution in [0.3, 0.4) is 0 Å². The lowest BCUT2D eigenvalue weighted by Crippen LogP contribution is -2.23. The van der Waals surface area contributed by atoms with E-state index in [0.717, 1.165) is 31.7 Å². The Balaban J connectivity index is 1.85. The number of unbranched alkanes of at least 4 members (excludes halogenated alkanes) is 7. The Hall–Kier alpha value is -0.530. The molecule has 0 atom stereocenters. The van der Waals surface area contributed by atoms with Gasteiger partial charge in [-0.25, -0.2) is 0 Å². The van der Waals surface area contributed by atoms with E-state index in [9.17, 15) is 4.79 Å². The topological polar surface area (TPSA) is 29.1 Å². The second-order valence-electron chi connectivity index (χ2n) is 7.93. The Bertz CT molecular complexity index is 282. The molecular weight excluding hydrogens is 294 g/mol. The number of hydrogen-bond donors (Lipinski definition) is 1. The Morgan fingerprint density at radius 3 is 2.17 bits per heavy atom. The normalized spacial score (nSPS) is 16.5. The second-order valence-corrected chi connectivity index (χ2v) is 7.93. The van der Waals surface area contributed by atoms with E-state index in [4.69, 9.17) is 0 Å². The largest absolute Gasteiger partial charge is 0.356 e. The second kappa shape index (κ2) is 16.0. The van der Waals surface area contributed by atoms with Crippen molar-refractivity contribution in [2.45, 2.75) is 122 Å². The molecule has 2 nitrogen and oxygen atoms in total. The van der Waals surface area contributed by atoms with Crippen molar-refractivity contribution in [2.75, 3.05) is 6.54 Å². The van der Waals surface area contributed by atoms with Crippen molar-refractivity contribution in [3.05, 3.63) is 0 Å². The highest BCUT2D eigenvalue weighted by Crippen LogP contribution is 2.26. The van der Waals surface area contributed by atoms with Gasteiger partial charge < -0.3 is 5.32 Å². The van der Waals surface area contributed by atoms with Crippen LogP contribution in [0.1, 0.15) is 122 Å². The molecule has 2 heteroatoms. The lowest BCUT2D eigenvalue weighted by atomic mass is 9.87. The summed E-state index contributed by atoms with van der Waals surface area (Å²) >= 11 is 0. The summed E-state index contributed by atoms with van der Waals surface area (Å²) < 4.78 is 0.